The second-order valence-electron chi connectivity index (χ2n) is 7.13. The van der Waals surface area contributed by atoms with Gasteiger partial charge < -0.3 is 5.32 Å². The fourth-order valence-corrected chi connectivity index (χ4v) is 2.12. The number of nitrogens with one attached hydrogen (secondary N) is 1. The molecule has 1 aromatic heterocycles. The van der Waals surface area contributed by atoms with Crippen molar-refractivity contribution in [2.75, 3.05) is 6.54 Å². The summed E-state index contributed by atoms with van der Waals surface area (Å²) in [6, 6.07) is 8.37. The lowest BCUT2D eigenvalue weighted by molar-refractivity contribution is 0.249. The number of benzene rings is 1. The number of para-hydroxylation sites is 1. The van der Waals surface area contributed by atoms with E-state index in [-0.39, 0.29) is 11.0 Å². The second kappa shape index (κ2) is 4.97. The normalized spacial score (nSPS) is 13.1. The van der Waals surface area contributed by atoms with Crippen molar-refractivity contribution in [3.05, 3.63) is 30.5 Å². The van der Waals surface area contributed by atoms with Crippen molar-refractivity contribution < 1.29 is 0 Å². The largest absolute Gasteiger partial charge is 0.311 e. The van der Waals surface area contributed by atoms with Crippen LogP contribution in [0.2, 0.25) is 0 Å². The van der Waals surface area contributed by atoms with Crippen LogP contribution in [-0.2, 0) is 6.54 Å². The van der Waals surface area contributed by atoms with Gasteiger partial charge >= 0.3 is 0 Å². The summed E-state index contributed by atoms with van der Waals surface area (Å²) in [6.45, 7) is 13.1. The van der Waals surface area contributed by atoms with Crippen molar-refractivity contribution in [1.82, 2.24) is 15.1 Å². The molecule has 2 rings (SSSR count). The molecule has 0 spiro atoms. The van der Waals surface area contributed by atoms with E-state index in [1.54, 1.807) is 0 Å². The zero-order chi connectivity index (χ0) is 14.1. The Bertz CT molecular complexity index is 546. The van der Waals surface area contributed by atoms with Crippen LogP contribution >= 0.6 is 0 Å². The highest BCUT2D eigenvalue weighted by Crippen LogP contribution is 2.21. The molecule has 3 heteroatoms. The third-order valence-corrected chi connectivity index (χ3v) is 3.23. The van der Waals surface area contributed by atoms with Crippen LogP contribution in [-0.4, -0.2) is 21.9 Å². The third-order valence-electron chi connectivity index (χ3n) is 3.23. The summed E-state index contributed by atoms with van der Waals surface area (Å²) in [6.07, 6.45) is 1.95. The zero-order valence-corrected chi connectivity index (χ0v) is 12.7. The molecule has 0 saturated carbocycles. The van der Waals surface area contributed by atoms with Crippen LogP contribution in [0.1, 0.15) is 34.6 Å². The highest BCUT2D eigenvalue weighted by atomic mass is 15.3. The number of rotatable bonds is 4. The fourth-order valence-electron chi connectivity index (χ4n) is 2.12. The van der Waals surface area contributed by atoms with Gasteiger partial charge in [0.15, 0.2) is 0 Å². The molecule has 0 radical (unpaired) electrons. The van der Waals surface area contributed by atoms with Gasteiger partial charge in [-0.2, -0.15) is 5.10 Å². The molecule has 0 amide bonds. The average Bonchev–Trinajstić information content (AvgIpc) is 2.69. The van der Waals surface area contributed by atoms with Gasteiger partial charge in [-0.3, -0.25) is 4.68 Å². The second-order valence-corrected chi connectivity index (χ2v) is 7.13. The molecule has 0 fully saturated rings. The Morgan fingerprint density at radius 1 is 1.11 bits per heavy atom. The van der Waals surface area contributed by atoms with E-state index < -0.39 is 0 Å². The maximum atomic E-state index is 4.51. The third kappa shape index (κ3) is 3.80. The van der Waals surface area contributed by atoms with Gasteiger partial charge in [0.1, 0.15) is 0 Å². The van der Waals surface area contributed by atoms with Crippen LogP contribution in [0.5, 0.6) is 0 Å². The van der Waals surface area contributed by atoms with E-state index >= 15 is 0 Å². The molecule has 0 aliphatic rings. The van der Waals surface area contributed by atoms with Gasteiger partial charge in [0.25, 0.3) is 0 Å². The summed E-state index contributed by atoms with van der Waals surface area (Å²) in [5.41, 5.74) is 1.54. The van der Waals surface area contributed by atoms with Crippen molar-refractivity contribution in [3.8, 4) is 0 Å². The standard InChI is InChI=1S/C16H25N3/c1-15(2,3)17-11-16(4,5)12-19-14-9-7-6-8-13(14)10-18-19/h6-10,17H,11-12H2,1-5H3. The van der Waals surface area contributed by atoms with Gasteiger partial charge in [0.05, 0.1) is 11.7 Å². The lowest BCUT2D eigenvalue weighted by atomic mass is 9.92. The number of fused-ring (bicyclic) bond motifs is 1. The minimum absolute atomic E-state index is 0.156. The van der Waals surface area contributed by atoms with Gasteiger partial charge in [0.2, 0.25) is 0 Å². The molecule has 104 valence electrons. The summed E-state index contributed by atoms with van der Waals surface area (Å²) in [5.74, 6) is 0. The maximum Gasteiger partial charge on any atom is 0.0682 e. The molecule has 2 aromatic rings. The van der Waals surface area contributed by atoms with E-state index in [1.807, 2.05) is 6.20 Å². The molecule has 0 bridgehead atoms. The molecular formula is C16H25N3. The first kappa shape index (κ1) is 14.1. The molecule has 1 aromatic carbocycles. The van der Waals surface area contributed by atoms with Crippen LogP contribution in [0.3, 0.4) is 0 Å². The highest BCUT2D eigenvalue weighted by molar-refractivity contribution is 5.78. The summed E-state index contributed by atoms with van der Waals surface area (Å²) >= 11 is 0. The highest BCUT2D eigenvalue weighted by Gasteiger charge is 2.22. The Morgan fingerprint density at radius 3 is 2.47 bits per heavy atom. The summed E-state index contributed by atoms with van der Waals surface area (Å²) in [4.78, 5) is 0. The lowest BCUT2D eigenvalue weighted by Gasteiger charge is -2.30. The molecule has 0 saturated heterocycles. The number of nitrogens with zero attached hydrogens (tertiary/aromatic N) is 2. The van der Waals surface area contributed by atoms with Crippen LogP contribution in [0.15, 0.2) is 30.5 Å². The van der Waals surface area contributed by atoms with Crippen LogP contribution in [0, 0.1) is 5.41 Å². The van der Waals surface area contributed by atoms with Crippen molar-refractivity contribution in [2.45, 2.75) is 46.7 Å². The monoisotopic (exact) mass is 259 g/mol. The Labute approximate surface area is 116 Å². The van der Waals surface area contributed by atoms with Crippen molar-refractivity contribution in [1.29, 1.82) is 0 Å². The van der Waals surface area contributed by atoms with E-state index in [0.717, 1.165) is 13.1 Å². The summed E-state index contributed by atoms with van der Waals surface area (Å²) in [7, 11) is 0. The molecule has 19 heavy (non-hydrogen) atoms. The van der Waals surface area contributed by atoms with Gasteiger partial charge in [0, 0.05) is 24.0 Å². The van der Waals surface area contributed by atoms with E-state index in [4.69, 9.17) is 0 Å². The number of hydrogen-bond donors (Lipinski definition) is 1. The van der Waals surface area contributed by atoms with Crippen LogP contribution in [0.25, 0.3) is 10.9 Å². The Kier molecular flexibility index (Phi) is 3.68. The molecule has 1 heterocycles. The van der Waals surface area contributed by atoms with Gasteiger partial charge in [-0.1, -0.05) is 32.0 Å². The van der Waals surface area contributed by atoms with Crippen LogP contribution < -0.4 is 5.32 Å². The molecule has 0 aliphatic carbocycles. The van der Waals surface area contributed by atoms with E-state index in [2.05, 4.69) is 74.0 Å². The minimum atomic E-state index is 0.156. The number of hydrogen-bond acceptors (Lipinski definition) is 2. The quantitative estimate of drug-likeness (QED) is 0.911. The molecule has 0 aliphatic heterocycles. The molecule has 0 atom stereocenters. The smallest absolute Gasteiger partial charge is 0.0682 e. The number of aromatic nitrogens is 2. The van der Waals surface area contributed by atoms with Gasteiger partial charge in [-0.05, 0) is 32.3 Å². The lowest BCUT2D eigenvalue weighted by Crippen LogP contribution is -2.43. The fraction of sp³-hybridized carbons (Fsp3) is 0.562. The Balaban J connectivity index is 2.11. The van der Waals surface area contributed by atoms with Crippen molar-refractivity contribution in [2.24, 2.45) is 5.41 Å². The van der Waals surface area contributed by atoms with Gasteiger partial charge in [-0.25, -0.2) is 0 Å². The predicted molar refractivity (Wildman–Crippen MR) is 81.3 cm³/mol. The maximum absolute atomic E-state index is 4.51. The first-order valence-electron chi connectivity index (χ1n) is 6.92. The first-order valence-corrected chi connectivity index (χ1v) is 6.92. The predicted octanol–water partition coefficient (Wildman–Crippen LogP) is 3.45. The molecule has 3 nitrogen and oxygen atoms in total. The summed E-state index contributed by atoms with van der Waals surface area (Å²) in [5, 5.41) is 9.31. The SMILES string of the molecule is CC(C)(CNC(C)(C)C)Cn1ncc2ccccc21. The Hall–Kier alpha value is -1.35. The Morgan fingerprint density at radius 2 is 1.79 bits per heavy atom. The topological polar surface area (TPSA) is 29.9 Å². The minimum Gasteiger partial charge on any atom is -0.311 e. The molecular weight excluding hydrogens is 234 g/mol. The summed E-state index contributed by atoms with van der Waals surface area (Å²) < 4.78 is 2.11. The van der Waals surface area contributed by atoms with E-state index in [9.17, 15) is 0 Å². The zero-order valence-electron chi connectivity index (χ0n) is 12.7. The average molecular weight is 259 g/mol. The molecule has 0 unspecified atom stereocenters. The van der Waals surface area contributed by atoms with Gasteiger partial charge in [-0.15, -0.1) is 0 Å². The first-order chi connectivity index (χ1) is 8.77. The molecule has 1 N–H and O–H groups in total. The van der Waals surface area contributed by atoms with E-state index in [1.165, 1.54) is 10.9 Å². The van der Waals surface area contributed by atoms with Crippen LogP contribution in [0.4, 0.5) is 0 Å². The van der Waals surface area contributed by atoms with Crippen molar-refractivity contribution in [3.63, 3.8) is 0 Å². The van der Waals surface area contributed by atoms with Crippen molar-refractivity contribution >= 4 is 10.9 Å². The van der Waals surface area contributed by atoms with E-state index in [0.29, 0.717) is 0 Å².